The van der Waals surface area contributed by atoms with Gasteiger partial charge in [-0.2, -0.15) is 4.31 Å². The minimum Gasteiger partial charge on any atom is -0.468 e. The average molecular weight is 387 g/mol. The van der Waals surface area contributed by atoms with Crippen LogP contribution < -0.4 is 0 Å². The number of furan rings is 1. The van der Waals surface area contributed by atoms with E-state index in [9.17, 15) is 13.2 Å². The van der Waals surface area contributed by atoms with E-state index >= 15 is 0 Å². The molecule has 0 bridgehead atoms. The standard InChI is InChI=1S/C20H21NO5S/c1-2-25-20(22)12-13-21(15-17-9-6-14-26-17)27(23,24)19-11-5-8-16-7-3-4-10-18(16)19/h3-11,14H,2,12-13,15H2,1H3. The first kappa shape index (κ1) is 19.1. The second kappa shape index (κ2) is 8.37. The summed E-state index contributed by atoms with van der Waals surface area (Å²) < 4.78 is 38.3. The molecule has 7 heteroatoms. The van der Waals surface area contributed by atoms with Gasteiger partial charge in [-0.1, -0.05) is 36.4 Å². The molecule has 0 N–H and O–H groups in total. The van der Waals surface area contributed by atoms with E-state index in [1.807, 2.05) is 18.2 Å². The van der Waals surface area contributed by atoms with Crippen LogP contribution in [0.4, 0.5) is 0 Å². The number of sulfonamides is 1. The van der Waals surface area contributed by atoms with Crippen molar-refractivity contribution in [2.45, 2.75) is 24.8 Å². The molecule has 6 nitrogen and oxygen atoms in total. The first-order chi connectivity index (χ1) is 13.0. The van der Waals surface area contributed by atoms with Crippen molar-refractivity contribution in [2.75, 3.05) is 13.2 Å². The van der Waals surface area contributed by atoms with E-state index in [1.54, 1.807) is 43.3 Å². The van der Waals surface area contributed by atoms with Crippen molar-refractivity contribution in [3.63, 3.8) is 0 Å². The van der Waals surface area contributed by atoms with Crippen molar-refractivity contribution < 1.29 is 22.4 Å². The largest absolute Gasteiger partial charge is 0.468 e. The molecule has 0 spiro atoms. The number of esters is 1. The summed E-state index contributed by atoms with van der Waals surface area (Å²) in [5, 5.41) is 1.47. The summed E-state index contributed by atoms with van der Waals surface area (Å²) in [7, 11) is -3.85. The number of rotatable bonds is 8. The molecule has 0 radical (unpaired) electrons. The van der Waals surface area contributed by atoms with E-state index in [-0.39, 0.29) is 31.0 Å². The molecule has 0 unspecified atom stereocenters. The second-order valence-electron chi connectivity index (χ2n) is 5.95. The zero-order valence-electron chi connectivity index (χ0n) is 15.0. The zero-order chi connectivity index (χ0) is 19.3. The van der Waals surface area contributed by atoms with Gasteiger partial charge in [0.05, 0.1) is 30.7 Å². The van der Waals surface area contributed by atoms with Gasteiger partial charge in [0.1, 0.15) is 5.76 Å². The van der Waals surface area contributed by atoms with E-state index in [2.05, 4.69) is 0 Å². The van der Waals surface area contributed by atoms with Gasteiger partial charge in [-0.25, -0.2) is 8.42 Å². The molecule has 27 heavy (non-hydrogen) atoms. The van der Waals surface area contributed by atoms with Crippen molar-refractivity contribution in [1.82, 2.24) is 4.31 Å². The van der Waals surface area contributed by atoms with Gasteiger partial charge >= 0.3 is 5.97 Å². The summed E-state index contributed by atoms with van der Waals surface area (Å²) in [5.41, 5.74) is 0. The molecule has 0 aliphatic carbocycles. The number of carbonyl (C=O) groups excluding carboxylic acids is 1. The van der Waals surface area contributed by atoms with Crippen molar-refractivity contribution in [3.05, 3.63) is 66.6 Å². The van der Waals surface area contributed by atoms with Crippen LogP contribution in [0.5, 0.6) is 0 Å². The van der Waals surface area contributed by atoms with Gasteiger partial charge in [0.15, 0.2) is 0 Å². The Morgan fingerprint density at radius 1 is 1.07 bits per heavy atom. The zero-order valence-corrected chi connectivity index (χ0v) is 15.8. The number of ether oxygens (including phenoxy) is 1. The Morgan fingerprint density at radius 2 is 1.85 bits per heavy atom. The third-order valence-corrected chi connectivity index (χ3v) is 6.05. The fraction of sp³-hybridized carbons (Fsp3) is 0.250. The Morgan fingerprint density at radius 3 is 2.59 bits per heavy atom. The number of hydrogen-bond acceptors (Lipinski definition) is 5. The van der Waals surface area contributed by atoms with Gasteiger partial charge in [-0.05, 0) is 30.5 Å². The molecule has 1 heterocycles. The molecule has 0 fully saturated rings. The fourth-order valence-electron chi connectivity index (χ4n) is 2.87. The van der Waals surface area contributed by atoms with Gasteiger partial charge in [0, 0.05) is 11.9 Å². The minimum atomic E-state index is -3.85. The Bertz CT molecular complexity index is 1010. The van der Waals surface area contributed by atoms with E-state index in [0.29, 0.717) is 11.1 Å². The Balaban J connectivity index is 1.96. The van der Waals surface area contributed by atoms with Gasteiger partial charge in [0.25, 0.3) is 0 Å². The molecule has 2 aromatic carbocycles. The molecule has 0 atom stereocenters. The minimum absolute atomic E-state index is 0.00505. The van der Waals surface area contributed by atoms with E-state index in [1.165, 1.54) is 10.6 Å². The molecule has 0 amide bonds. The molecule has 0 saturated heterocycles. The molecule has 0 aliphatic heterocycles. The maximum atomic E-state index is 13.4. The lowest BCUT2D eigenvalue weighted by atomic mass is 10.1. The van der Waals surface area contributed by atoms with Crippen LogP contribution in [0.15, 0.2) is 70.2 Å². The van der Waals surface area contributed by atoms with Crippen molar-refractivity contribution in [3.8, 4) is 0 Å². The van der Waals surface area contributed by atoms with Gasteiger partial charge in [0.2, 0.25) is 10.0 Å². The van der Waals surface area contributed by atoms with E-state index in [0.717, 1.165) is 5.39 Å². The Kier molecular flexibility index (Phi) is 5.93. The maximum absolute atomic E-state index is 13.4. The van der Waals surface area contributed by atoms with Crippen LogP contribution in [0.2, 0.25) is 0 Å². The summed E-state index contributed by atoms with van der Waals surface area (Å²) in [4.78, 5) is 12.0. The summed E-state index contributed by atoms with van der Waals surface area (Å²) in [6.45, 7) is 2.02. The van der Waals surface area contributed by atoms with E-state index < -0.39 is 16.0 Å². The van der Waals surface area contributed by atoms with Crippen LogP contribution in [-0.4, -0.2) is 31.8 Å². The van der Waals surface area contributed by atoms with E-state index in [4.69, 9.17) is 9.15 Å². The van der Waals surface area contributed by atoms with Gasteiger partial charge < -0.3 is 9.15 Å². The lowest BCUT2D eigenvalue weighted by Gasteiger charge is -2.22. The molecule has 0 aliphatic rings. The topological polar surface area (TPSA) is 76.8 Å². The number of nitrogens with zero attached hydrogens (tertiary/aromatic N) is 1. The maximum Gasteiger partial charge on any atom is 0.307 e. The highest BCUT2D eigenvalue weighted by Gasteiger charge is 2.27. The molecule has 3 rings (SSSR count). The number of fused-ring (bicyclic) bond motifs is 1. The first-order valence-corrected chi connectivity index (χ1v) is 10.1. The predicted octanol–water partition coefficient (Wildman–Crippen LogP) is 3.58. The van der Waals surface area contributed by atoms with Crippen LogP contribution in [0.25, 0.3) is 10.8 Å². The van der Waals surface area contributed by atoms with Crippen LogP contribution >= 0.6 is 0 Å². The molecule has 142 valence electrons. The Hall–Kier alpha value is -2.64. The highest BCUT2D eigenvalue weighted by molar-refractivity contribution is 7.89. The number of carbonyl (C=O) groups is 1. The van der Waals surface area contributed by atoms with Crippen molar-refractivity contribution in [1.29, 1.82) is 0 Å². The average Bonchev–Trinajstić information content (AvgIpc) is 3.18. The van der Waals surface area contributed by atoms with Gasteiger partial charge in [-0.15, -0.1) is 0 Å². The summed E-state index contributed by atoms with van der Waals surface area (Å²) in [6, 6.07) is 15.9. The quantitative estimate of drug-likeness (QED) is 0.552. The van der Waals surface area contributed by atoms with Crippen LogP contribution in [0.1, 0.15) is 19.1 Å². The monoisotopic (exact) mass is 387 g/mol. The molecule has 0 saturated carbocycles. The summed E-state index contributed by atoms with van der Waals surface area (Å²) in [6.07, 6.45) is 1.46. The second-order valence-corrected chi connectivity index (χ2v) is 7.86. The number of benzene rings is 2. The van der Waals surface area contributed by atoms with Crippen LogP contribution in [0, 0.1) is 0 Å². The van der Waals surface area contributed by atoms with Gasteiger partial charge in [-0.3, -0.25) is 4.79 Å². The predicted molar refractivity (Wildman–Crippen MR) is 102 cm³/mol. The SMILES string of the molecule is CCOC(=O)CCN(Cc1ccco1)S(=O)(=O)c1cccc2ccccc12. The lowest BCUT2D eigenvalue weighted by Crippen LogP contribution is -2.33. The Labute approximate surface area is 158 Å². The molecule has 1 aromatic heterocycles. The smallest absolute Gasteiger partial charge is 0.307 e. The third kappa shape index (κ3) is 4.37. The molecular weight excluding hydrogens is 366 g/mol. The van der Waals surface area contributed by atoms with Crippen molar-refractivity contribution in [2.24, 2.45) is 0 Å². The number of hydrogen-bond donors (Lipinski definition) is 0. The summed E-state index contributed by atoms with van der Waals surface area (Å²) >= 11 is 0. The first-order valence-electron chi connectivity index (χ1n) is 8.68. The third-order valence-electron chi connectivity index (χ3n) is 4.15. The lowest BCUT2D eigenvalue weighted by molar-refractivity contribution is -0.143. The van der Waals surface area contributed by atoms with Crippen LogP contribution in [0.3, 0.4) is 0 Å². The molecule has 3 aromatic rings. The molecular formula is C20H21NO5S. The highest BCUT2D eigenvalue weighted by Crippen LogP contribution is 2.27. The highest BCUT2D eigenvalue weighted by atomic mass is 32.2. The fourth-order valence-corrected chi connectivity index (χ4v) is 4.49. The van der Waals surface area contributed by atoms with Crippen LogP contribution in [-0.2, 0) is 26.1 Å². The van der Waals surface area contributed by atoms with Crippen molar-refractivity contribution >= 4 is 26.8 Å². The normalized spacial score (nSPS) is 11.8. The summed E-state index contributed by atoms with van der Waals surface area (Å²) in [5.74, 6) is 0.0673.